The summed E-state index contributed by atoms with van der Waals surface area (Å²) >= 11 is 6.38. The van der Waals surface area contributed by atoms with E-state index in [9.17, 15) is 0 Å². The number of rotatable bonds is 3. The van der Waals surface area contributed by atoms with Crippen LogP contribution in [0.3, 0.4) is 0 Å². The van der Waals surface area contributed by atoms with E-state index < -0.39 is 0 Å². The Hall–Kier alpha value is 0.495. The van der Waals surface area contributed by atoms with Crippen molar-refractivity contribution in [2.45, 2.75) is 21.3 Å². The Morgan fingerprint density at radius 1 is 1.31 bits per heavy atom. The highest BCUT2D eigenvalue weighted by Gasteiger charge is 2.44. The normalized spacial score (nSPS) is 19.7. The lowest BCUT2D eigenvalue weighted by atomic mass is 9.65. The van der Waals surface area contributed by atoms with E-state index >= 15 is 0 Å². The molecule has 1 fully saturated rings. The molecule has 2 rings (SSSR count). The molecule has 0 spiro atoms. The van der Waals surface area contributed by atoms with Gasteiger partial charge in [-0.15, -0.1) is 0 Å². The molecule has 1 unspecified atom stereocenters. The number of hydrogen-bond donors (Lipinski definition) is 0. The fraction of sp³-hybridized carbons (Fsp3) is 0.400. The molecule has 1 saturated heterocycles. The van der Waals surface area contributed by atoms with Crippen LogP contribution >= 0.6 is 38.5 Å². The van der Waals surface area contributed by atoms with E-state index in [2.05, 4.69) is 68.9 Å². The topological polar surface area (TPSA) is 0 Å². The van der Waals surface area contributed by atoms with Gasteiger partial charge in [-0.25, -0.2) is 0 Å². The zero-order valence-electron chi connectivity index (χ0n) is 7.34. The number of alkyl halides is 2. The summed E-state index contributed by atoms with van der Waals surface area (Å²) in [6, 6.07) is 10.7. The Balaban J connectivity index is 2.04. The average Bonchev–Trinajstić information content (AvgIpc) is 2.87. The Kier molecular flexibility index (Phi) is 3.03. The van der Waals surface area contributed by atoms with Crippen LogP contribution in [0.4, 0.5) is 0 Å². The van der Waals surface area contributed by atoms with Crippen molar-refractivity contribution in [2.24, 2.45) is 0 Å². The monoisotopic (exact) mass is 348 g/mol. The molecule has 0 N–H and O–H groups in total. The van der Waals surface area contributed by atoms with E-state index in [1.54, 1.807) is 0 Å². The maximum atomic E-state index is 3.83. The van der Waals surface area contributed by atoms with Gasteiger partial charge in [0.15, 0.2) is 6.71 Å². The molecule has 0 aromatic heterocycles. The third kappa shape index (κ3) is 2.72. The lowest BCUT2D eigenvalue weighted by Crippen LogP contribution is -2.24. The van der Waals surface area contributed by atoms with Crippen LogP contribution in [-0.2, 0) is 6.42 Å². The van der Waals surface area contributed by atoms with Crippen molar-refractivity contribution in [1.82, 2.24) is 0 Å². The van der Waals surface area contributed by atoms with Crippen molar-refractivity contribution in [3.63, 3.8) is 0 Å². The highest BCUT2D eigenvalue weighted by molar-refractivity contribution is 14.1. The van der Waals surface area contributed by atoms with Crippen LogP contribution in [0.15, 0.2) is 30.3 Å². The molecule has 1 atom stereocenters. The van der Waals surface area contributed by atoms with E-state index in [0.717, 1.165) is 13.1 Å². The first-order valence-corrected chi connectivity index (χ1v) is 6.47. The molecule has 68 valence electrons. The number of benzene rings is 1. The van der Waals surface area contributed by atoms with Gasteiger partial charge in [-0.3, -0.25) is 0 Å². The summed E-state index contributed by atoms with van der Waals surface area (Å²) in [5, 5.41) is 0. The maximum Gasteiger partial charge on any atom is 0.172 e. The van der Waals surface area contributed by atoms with Crippen LogP contribution in [-0.4, -0.2) is 8.94 Å². The van der Waals surface area contributed by atoms with Gasteiger partial charge in [0, 0.05) is 0 Å². The molecule has 1 aromatic carbocycles. The highest BCUT2D eigenvalue weighted by atomic mass is 127. The molecule has 0 amide bonds. The molecule has 0 nitrogen and oxygen atoms in total. The molecule has 1 heterocycles. The Morgan fingerprint density at radius 3 is 2.46 bits per heavy atom. The lowest BCUT2D eigenvalue weighted by Gasteiger charge is -2.18. The molecule has 1 aliphatic rings. The molecular weight excluding hydrogens is 338 g/mol. The van der Waals surface area contributed by atoms with E-state index in [0.29, 0.717) is 2.23 Å². The van der Waals surface area contributed by atoms with Crippen LogP contribution in [0.2, 0.25) is 12.6 Å². The van der Waals surface area contributed by atoms with Crippen LogP contribution in [0.25, 0.3) is 0 Å². The molecule has 1 aliphatic heterocycles. The molecule has 0 aliphatic carbocycles. The second-order valence-electron chi connectivity index (χ2n) is 3.70. The van der Waals surface area contributed by atoms with Crippen molar-refractivity contribution < 1.29 is 0 Å². The molecule has 0 radical (unpaired) electrons. The smallest absolute Gasteiger partial charge is 0.0828 e. The van der Waals surface area contributed by atoms with Crippen LogP contribution in [0.5, 0.6) is 0 Å². The molecule has 1 aromatic rings. The van der Waals surface area contributed by atoms with Crippen molar-refractivity contribution in [2.75, 3.05) is 0 Å². The first-order valence-electron chi connectivity index (χ1n) is 4.60. The quantitative estimate of drug-likeness (QED) is 0.443. The van der Waals surface area contributed by atoms with Gasteiger partial charge in [-0.1, -0.05) is 81.5 Å². The van der Waals surface area contributed by atoms with Crippen LogP contribution in [0, 0.1) is 0 Å². The van der Waals surface area contributed by atoms with Gasteiger partial charge in [0.2, 0.25) is 0 Å². The van der Waals surface area contributed by atoms with Gasteiger partial charge >= 0.3 is 0 Å². The minimum Gasteiger partial charge on any atom is -0.0828 e. The minimum absolute atomic E-state index is 0.298. The largest absolute Gasteiger partial charge is 0.172 e. The Bertz CT molecular complexity index is 282. The van der Waals surface area contributed by atoms with Gasteiger partial charge in [-0.2, -0.15) is 0 Å². The average molecular weight is 349 g/mol. The molecule has 0 bridgehead atoms. The van der Waals surface area contributed by atoms with Crippen LogP contribution < -0.4 is 0 Å². The predicted octanol–water partition coefficient (Wildman–Crippen LogP) is 3.80. The Labute approximate surface area is 102 Å². The first kappa shape index (κ1) is 10.0. The zero-order valence-corrected chi connectivity index (χ0v) is 11.1. The SMILES string of the molecule is BrC(I)(Cc1ccccc1)B1CC1. The third-order valence-electron chi connectivity index (χ3n) is 2.46. The number of hydrogen-bond acceptors (Lipinski definition) is 0. The van der Waals surface area contributed by atoms with Crippen LogP contribution in [0.1, 0.15) is 5.56 Å². The molecule has 0 saturated carbocycles. The van der Waals surface area contributed by atoms with Gasteiger partial charge < -0.3 is 0 Å². The fourth-order valence-corrected chi connectivity index (χ4v) is 3.36. The molecule has 3 heteroatoms. The summed E-state index contributed by atoms with van der Waals surface area (Å²) in [6.45, 7) is 0.883. The number of halogens is 2. The van der Waals surface area contributed by atoms with Crippen molar-refractivity contribution in [3.05, 3.63) is 35.9 Å². The van der Waals surface area contributed by atoms with Gasteiger partial charge in [0.1, 0.15) is 0 Å². The van der Waals surface area contributed by atoms with Crippen molar-refractivity contribution in [3.8, 4) is 0 Å². The maximum absolute atomic E-state index is 3.83. The highest BCUT2D eigenvalue weighted by Crippen LogP contribution is 2.45. The summed E-state index contributed by atoms with van der Waals surface area (Å²) in [5.74, 6) is 0. The summed E-state index contributed by atoms with van der Waals surface area (Å²) in [6.07, 6.45) is 3.92. The predicted molar refractivity (Wildman–Crippen MR) is 71.2 cm³/mol. The summed E-state index contributed by atoms with van der Waals surface area (Å²) in [4.78, 5) is 0. The molecule has 13 heavy (non-hydrogen) atoms. The lowest BCUT2D eigenvalue weighted by molar-refractivity contribution is 1.07. The van der Waals surface area contributed by atoms with Crippen molar-refractivity contribution in [1.29, 1.82) is 0 Å². The standard InChI is InChI=1S/C10H11BBrI/c12-10(13,11-6-7-11)8-9-4-2-1-3-5-9/h1-5H,6-8H2. The van der Waals surface area contributed by atoms with E-state index in [1.807, 2.05) is 0 Å². The van der Waals surface area contributed by atoms with E-state index in [-0.39, 0.29) is 0 Å². The summed E-state index contributed by atoms with van der Waals surface area (Å²) in [7, 11) is 0. The second kappa shape index (κ2) is 3.93. The van der Waals surface area contributed by atoms with E-state index in [1.165, 1.54) is 18.2 Å². The van der Waals surface area contributed by atoms with Gasteiger partial charge in [0.25, 0.3) is 0 Å². The van der Waals surface area contributed by atoms with E-state index in [4.69, 9.17) is 0 Å². The summed E-state index contributed by atoms with van der Waals surface area (Å²) < 4.78 is 0.298. The Morgan fingerprint density at radius 2 is 1.92 bits per heavy atom. The zero-order chi connectivity index (χ0) is 9.31. The second-order valence-corrected chi connectivity index (χ2v) is 8.52. The summed E-state index contributed by atoms with van der Waals surface area (Å²) in [5.41, 5.74) is 1.43. The van der Waals surface area contributed by atoms with Gasteiger partial charge in [-0.05, 0) is 12.0 Å². The third-order valence-corrected chi connectivity index (χ3v) is 4.65. The fourth-order valence-electron chi connectivity index (χ4n) is 1.52. The molecular formula is C10H11BBrI. The van der Waals surface area contributed by atoms with Gasteiger partial charge in [0.05, 0.1) is 2.23 Å². The van der Waals surface area contributed by atoms with Crippen molar-refractivity contribution >= 4 is 45.2 Å². The first-order chi connectivity index (χ1) is 6.18. The minimum atomic E-state index is 0.298.